The lowest BCUT2D eigenvalue weighted by atomic mass is 10.1. The van der Waals surface area contributed by atoms with E-state index in [4.69, 9.17) is 10.2 Å². The fraction of sp³-hybridized carbons (Fsp3) is 0.750. The van der Waals surface area contributed by atoms with Gasteiger partial charge in [0.2, 0.25) is 11.8 Å². The van der Waals surface area contributed by atoms with Crippen LogP contribution in [0.1, 0.15) is 38.5 Å². The van der Waals surface area contributed by atoms with Gasteiger partial charge in [-0.25, -0.2) is 0 Å². The molecule has 1 aliphatic rings. The molecule has 0 unspecified atom stereocenters. The normalized spacial score (nSPS) is 20.7. The van der Waals surface area contributed by atoms with Gasteiger partial charge in [-0.3, -0.25) is 15.0 Å². The van der Waals surface area contributed by atoms with E-state index < -0.39 is 0 Å². The van der Waals surface area contributed by atoms with Gasteiger partial charge in [0.1, 0.15) is 0 Å². The molecule has 2 rings (SSSR count). The number of piperidine rings is 1. The van der Waals surface area contributed by atoms with Gasteiger partial charge in [-0.2, -0.15) is 0 Å². The molecule has 19 heavy (non-hydrogen) atoms. The number of amides is 1. The number of anilines is 1. The first kappa shape index (κ1) is 14.0. The summed E-state index contributed by atoms with van der Waals surface area (Å²) in [7, 11) is 0. The fourth-order valence-electron chi connectivity index (χ4n) is 2.12. The Morgan fingerprint density at radius 3 is 3.00 bits per heavy atom. The molecule has 0 aromatic carbocycles. The first-order valence-corrected chi connectivity index (χ1v) is 6.66. The molecule has 1 aromatic heterocycles. The van der Waals surface area contributed by atoms with Crippen LogP contribution in [0.5, 0.6) is 0 Å². The van der Waals surface area contributed by atoms with Crippen molar-refractivity contribution in [3.05, 3.63) is 5.89 Å². The third-order valence-electron chi connectivity index (χ3n) is 3.09. The Kier molecular flexibility index (Phi) is 4.49. The molecule has 1 aromatic rings. The van der Waals surface area contributed by atoms with Crippen molar-refractivity contribution in [2.75, 3.05) is 25.0 Å². The van der Waals surface area contributed by atoms with Crippen LogP contribution in [0.25, 0.3) is 0 Å². The number of hydrogen-bond donors (Lipinski definition) is 2. The van der Waals surface area contributed by atoms with Gasteiger partial charge in [0.15, 0.2) is 0 Å². The average Bonchev–Trinajstić information content (AvgIpc) is 2.77. The van der Waals surface area contributed by atoms with Gasteiger partial charge < -0.3 is 10.2 Å². The summed E-state index contributed by atoms with van der Waals surface area (Å²) in [6.07, 6.45) is 2.06. The SMILES string of the molecule is CC(C)c1nnc(NC(=O)CN2CCC[C@@H](N)C2)o1. The predicted octanol–water partition coefficient (Wildman–Crippen LogP) is 0.555. The number of carbonyl (C=O) groups excluding carboxylic acids is 1. The highest BCUT2D eigenvalue weighted by Gasteiger charge is 2.20. The number of nitrogens with zero attached hydrogens (tertiary/aromatic N) is 3. The molecule has 3 N–H and O–H groups in total. The number of carbonyl (C=O) groups is 1. The number of aromatic nitrogens is 2. The van der Waals surface area contributed by atoms with Gasteiger partial charge in [-0.15, -0.1) is 5.10 Å². The molecule has 1 fully saturated rings. The highest BCUT2D eigenvalue weighted by Crippen LogP contribution is 2.15. The Morgan fingerprint density at radius 1 is 1.58 bits per heavy atom. The lowest BCUT2D eigenvalue weighted by molar-refractivity contribution is -0.117. The van der Waals surface area contributed by atoms with E-state index in [9.17, 15) is 4.79 Å². The molecule has 0 bridgehead atoms. The van der Waals surface area contributed by atoms with Gasteiger partial charge in [-0.1, -0.05) is 18.9 Å². The topological polar surface area (TPSA) is 97.3 Å². The van der Waals surface area contributed by atoms with Crippen LogP contribution in [0, 0.1) is 0 Å². The highest BCUT2D eigenvalue weighted by molar-refractivity contribution is 5.90. The van der Waals surface area contributed by atoms with E-state index in [1.54, 1.807) is 0 Å². The second-order valence-electron chi connectivity index (χ2n) is 5.29. The number of nitrogens with two attached hydrogens (primary N) is 1. The number of hydrogen-bond acceptors (Lipinski definition) is 6. The molecular weight excluding hydrogens is 246 g/mol. The number of likely N-dealkylation sites (tertiary alicyclic amines) is 1. The summed E-state index contributed by atoms with van der Waals surface area (Å²) in [6.45, 7) is 5.88. The van der Waals surface area contributed by atoms with Crippen molar-refractivity contribution in [1.29, 1.82) is 0 Å². The van der Waals surface area contributed by atoms with Gasteiger partial charge in [0.05, 0.1) is 6.54 Å². The van der Waals surface area contributed by atoms with Crippen molar-refractivity contribution in [3.8, 4) is 0 Å². The minimum Gasteiger partial charge on any atom is -0.408 e. The third-order valence-corrected chi connectivity index (χ3v) is 3.09. The molecule has 2 heterocycles. The molecule has 1 atom stereocenters. The first-order chi connectivity index (χ1) is 9.04. The second-order valence-corrected chi connectivity index (χ2v) is 5.29. The first-order valence-electron chi connectivity index (χ1n) is 6.66. The quantitative estimate of drug-likeness (QED) is 0.827. The van der Waals surface area contributed by atoms with E-state index in [-0.39, 0.29) is 23.9 Å². The van der Waals surface area contributed by atoms with Gasteiger partial charge in [0.25, 0.3) is 0 Å². The lowest BCUT2D eigenvalue weighted by Crippen LogP contribution is -2.45. The van der Waals surface area contributed by atoms with Crippen molar-refractivity contribution in [3.63, 3.8) is 0 Å². The minimum absolute atomic E-state index is 0.145. The van der Waals surface area contributed by atoms with Crippen LogP contribution in [0.3, 0.4) is 0 Å². The third kappa shape index (κ3) is 4.00. The van der Waals surface area contributed by atoms with Crippen molar-refractivity contribution < 1.29 is 9.21 Å². The summed E-state index contributed by atoms with van der Waals surface area (Å²) in [5, 5.41) is 10.3. The summed E-state index contributed by atoms with van der Waals surface area (Å²) < 4.78 is 5.33. The maximum atomic E-state index is 11.8. The van der Waals surface area contributed by atoms with Gasteiger partial charge in [-0.05, 0) is 19.4 Å². The van der Waals surface area contributed by atoms with E-state index in [1.807, 2.05) is 18.7 Å². The van der Waals surface area contributed by atoms with Crippen molar-refractivity contribution in [1.82, 2.24) is 15.1 Å². The van der Waals surface area contributed by atoms with Crippen LogP contribution in [-0.4, -0.2) is 46.7 Å². The molecule has 7 heteroatoms. The zero-order valence-corrected chi connectivity index (χ0v) is 11.4. The zero-order chi connectivity index (χ0) is 13.8. The maximum Gasteiger partial charge on any atom is 0.322 e. The minimum atomic E-state index is -0.145. The molecule has 0 spiro atoms. The summed E-state index contributed by atoms with van der Waals surface area (Å²) in [4.78, 5) is 13.9. The molecule has 1 aliphatic heterocycles. The predicted molar refractivity (Wildman–Crippen MR) is 70.7 cm³/mol. The monoisotopic (exact) mass is 267 g/mol. The van der Waals surface area contributed by atoms with Crippen molar-refractivity contribution >= 4 is 11.9 Å². The maximum absolute atomic E-state index is 11.8. The van der Waals surface area contributed by atoms with Crippen LogP contribution in [-0.2, 0) is 4.79 Å². The van der Waals surface area contributed by atoms with E-state index in [0.29, 0.717) is 12.4 Å². The second kappa shape index (κ2) is 6.12. The van der Waals surface area contributed by atoms with E-state index >= 15 is 0 Å². The van der Waals surface area contributed by atoms with E-state index in [2.05, 4.69) is 15.5 Å². The highest BCUT2D eigenvalue weighted by atomic mass is 16.4. The van der Waals surface area contributed by atoms with E-state index in [0.717, 1.165) is 25.9 Å². The molecule has 106 valence electrons. The van der Waals surface area contributed by atoms with E-state index in [1.165, 1.54) is 0 Å². The zero-order valence-electron chi connectivity index (χ0n) is 11.4. The van der Waals surface area contributed by atoms with Crippen LogP contribution in [0.4, 0.5) is 6.01 Å². The molecule has 1 amide bonds. The smallest absolute Gasteiger partial charge is 0.322 e. The standard InChI is InChI=1S/C12H21N5O2/c1-8(2)11-15-16-12(19-11)14-10(18)7-17-5-3-4-9(13)6-17/h8-9H,3-7,13H2,1-2H3,(H,14,16,18)/t9-/m1/s1. The Bertz CT molecular complexity index is 432. The molecule has 1 saturated heterocycles. The summed E-state index contributed by atoms with van der Waals surface area (Å²) in [5.41, 5.74) is 5.88. The summed E-state index contributed by atoms with van der Waals surface area (Å²) in [5.74, 6) is 0.529. The summed E-state index contributed by atoms with van der Waals surface area (Å²) in [6, 6.07) is 0.326. The molecule has 0 radical (unpaired) electrons. The van der Waals surface area contributed by atoms with Gasteiger partial charge >= 0.3 is 6.01 Å². The Labute approximate surface area is 112 Å². The van der Waals surface area contributed by atoms with Crippen molar-refractivity contribution in [2.24, 2.45) is 5.73 Å². The largest absolute Gasteiger partial charge is 0.408 e. The van der Waals surface area contributed by atoms with Crippen molar-refractivity contribution in [2.45, 2.75) is 38.6 Å². The average molecular weight is 267 g/mol. The molecule has 0 saturated carbocycles. The number of rotatable bonds is 4. The van der Waals surface area contributed by atoms with Crippen LogP contribution in [0.2, 0.25) is 0 Å². The Balaban J connectivity index is 1.83. The van der Waals surface area contributed by atoms with Crippen LogP contribution < -0.4 is 11.1 Å². The molecular formula is C12H21N5O2. The van der Waals surface area contributed by atoms with Gasteiger partial charge in [0, 0.05) is 18.5 Å². The van der Waals surface area contributed by atoms with Crippen LogP contribution in [0.15, 0.2) is 4.42 Å². The summed E-state index contributed by atoms with van der Waals surface area (Å²) >= 11 is 0. The Hall–Kier alpha value is -1.47. The fourth-order valence-corrected chi connectivity index (χ4v) is 2.12. The number of nitrogens with one attached hydrogen (secondary N) is 1. The molecule has 7 nitrogen and oxygen atoms in total. The van der Waals surface area contributed by atoms with Crippen LogP contribution >= 0.6 is 0 Å². The Morgan fingerprint density at radius 2 is 2.37 bits per heavy atom. The lowest BCUT2D eigenvalue weighted by Gasteiger charge is -2.29. The molecule has 0 aliphatic carbocycles.